The lowest BCUT2D eigenvalue weighted by molar-refractivity contribution is -0.113. The Kier molecular flexibility index (Phi) is 5.09. The van der Waals surface area contributed by atoms with Gasteiger partial charge in [-0.1, -0.05) is 51.5 Å². The van der Waals surface area contributed by atoms with Gasteiger partial charge in [0.2, 0.25) is 5.78 Å². The largest absolute Gasteiger partial charge is 0.504 e. The van der Waals surface area contributed by atoms with Gasteiger partial charge in [-0.25, -0.2) is 0 Å². The van der Waals surface area contributed by atoms with Gasteiger partial charge in [-0.05, 0) is 111 Å². The fraction of sp³-hybridized carbons (Fsp3) is 0.656. The summed E-state index contributed by atoms with van der Waals surface area (Å²) in [5.41, 5.74) is 6.75. The third kappa shape index (κ3) is 3.29. The van der Waals surface area contributed by atoms with Crippen molar-refractivity contribution in [1.82, 2.24) is 4.90 Å². The summed E-state index contributed by atoms with van der Waals surface area (Å²) in [6, 6.07) is 0. The lowest BCUT2D eigenvalue weighted by Gasteiger charge is -2.62. The van der Waals surface area contributed by atoms with E-state index in [0.717, 1.165) is 23.1 Å². The van der Waals surface area contributed by atoms with Crippen molar-refractivity contribution in [1.29, 1.82) is 0 Å². The van der Waals surface area contributed by atoms with E-state index in [4.69, 9.17) is 0 Å². The minimum absolute atomic E-state index is 0.0477. The smallest absolute Gasteiger partial charge is 0.220 e. The Balaban J connectivity index is 1.39. The van der Waals surface area contributed by atoms with Crippen LogP contribution in [0.5, 0.6) is 0 Å². The van der Waals surface area contributed by atoms with Crippen LogP contribution in [0, 0.1) is 27.6 Å². The van der Waals surface area contributed by atoms with Crippen molar-refractivity contribution in [2.45, 2.75) is 86.0 Å². The maximum Gasteiger partial charge on any atom is 0.220 e. The molecule has 1 saturated heterocycles. The second kappa shape index (κ2) is 7.57. The predicted molar refractivity (Wildman–Crippen MR) is 142 cm³/mol. The monoisotopic (exact) mass is 473 g/mol. The number of carbonyl (C=O) groups excluding carboxylic acids is 1. The number of fused-ring (bicyclic) bond motifs is 7. The number of likely N-dealkylation sites (tertiary alicyclic amines) is 1. The maximum atomic E-state index is 12.6. The molecule has 0 aromatic heterocycles. The molecule has 35 heavy (non-hydrogen) atoms. The number of aliphatic hydroxyl groups is 1. The van der Waals surface area contributed by atoms with Gasteiger partial charge in [0, 0.05) is 22.9 Å². The molecule has 3 heteroatoms. The minimum Gasteiger partial charge on any atom is -0.504 e. The lowest BCUT2D eigenvalue weighted by Crippen LogP contribution is -2.52. The molecule has 0 unspecified atom stereocenters. The summed E-state index contributed by atoms with van der Waals surface area (Å²) in [5, 5.41) is 10.3. The molecule has 0 spiro atoms. The number of hydrogen-bond donors (Lipinski definition) is 1. The number of rotatable bonds is 2. The molecule has 2 saturated carbocycles. The van der Waals surface area contributed by atoms with E-state index in [2.05, 4.69) is 50.8 Å². The first-order valence-electron chi connectivity index (χ1n) is 14.0. The zero-order chi connectivity index (χ0) is 24.8. The molecule has 5 aliphatic carbocycles. The Morgan fingerprint density at radius 1 is 1.00 bits per heavy atom. The fourth-order valence-electron chi connectivity index (χ4n) is 9.02. The van der Waals surface area contributed by atoms with Gasteiger partial charge in [0.25, 0.3) is 0 Å². The minimum atomic E-state index is -0.238. The van der Waals surface area contributed by atoms with Crippen molar-refractivity contribution < 1.29 is 9.90 Å². The summed E-state index contributed by atoms with van der Waals surface area (Å²) in [6.45, 7) is 15.7. The summed E-state index contributed by atoms with van der Waals surface area (Å²) >= 11 is 0. The van der Waals surface area contributed by atoms with Crippen LogP contribution in [-0.2, 0) is 4.79 Å². The molecule has 5 atom stereocenters. The van der Waals surface area contributed by atoms with Crippen LogP contribution in [0.25, 0.3) is 0 Å². The van der Waals surface area contributed by atoms with Crippen LogP contribution in [0.4, 0.5) is 0 Å². The molecule has 0 amide bonds. The highest BCUT2D eigenvalue weighted by Gasteiger charge is 2.58. The van der Waals surface area contributed by atoms with Crippen molar-refractivity contribution in [3.8, 4) is 0 Å². The highest BCUT2D eigenvalue weighted by molar-refractivity contribution is 6.06. The Hall–Kier alpha value is -1.87. The van der Waals surface area contributed by atoms with Crippen molar-refractivity contribution >= 4 is 5.78 Å². The first-order valence-corrected chi connectivity index (χ1v) is 14.0. The Morgan fingerprint density at radius 3 is 2.46 bits per heavy atom. The number of carbonyl (C=O) groups is 1. The molecule has 3 fully saturated rings. The molecule has 1 aliphatic heterocycles. The fourth-order valence-corrected chi connectivity index (χ4v) is 9.02. The maximum absolute atomic E-state index is 12.6. The molecular weight excluding hydrogens is 430 g/mol. The second-order valence-electron chi connectivity index (χ2n) is 13.8. The van der Waals surface area contributed by atoms with Gasteiger partial charge in [-0.15, -0.1) is 0 Å². The predicted octanol–water partition coefficient (Wildman–Crippen LogP) is 7.24. The van der Waals surface area contributed by atoms with Crippen LogP contribution < -0.4 is 0 Å². The number of aliphatic hydroxyl groups excluding tert-OH is 1. The third-order valence-electron chi connectivity index (χ3n) is 11.3. The van der Waals surface area contributed by atoms with Crippen LogP contribution in [0.3, 0.4) is 0 Å². The molecule has 1 heterocycles. The summed E-state index contributed by atoms with van der Waals surface area (Å²) in [6.07, 6.45) is 19.0. The van der Waals surface area contributed by atoms with E-state index in [1.807, 2.05) is 6.92 Å². The zero-order valence-corrected chi connectivity index (χ0v) is 22.5. The van der Waals surface area contributed by atoms with Crippen LogP contribution in [0.15, 0.2) is 57.9 Å². The molecular formula is C32H43NO2. The van der Waals surface area contributed by atoms with Gasteiger partial charge in [0.05, 0.1) is 0 Å². The Labute approximate surface area is 211 Å². The summed E-state index contributed by atoms with van der Waals surface area (Å²) in [4.78, 5) is 15.4. The van der Waals surface area contributed by atoms with Gasteiger partial charge in [0.1, 0.15) is 0 Å². The molecule has 0 aromatic carbocycles. The second-order valence-corrected chi connectivity index (χ2v) is 13.8. The standard InChI is InChI=1S/C32H43NO2/c1-21-22-8-9-27-31(4,24(22)18-26(34)28(21)35)11-10-23-25-19-29(2,20-33-16-6-7-17-33)12-13-30(25,3)14-15-32(23,27)5/h8-10,18,25,35H,6-7,11-17,19-20H2,1-5H3/t25-,29+,30+,31-,32-/m0/s1. The van der Waals surface area contributed by atoms with Gasteiger partial charge >= 0.3 is 0 Å². The zero-order valence-electron chi connectivity index (χ0n) is 22.5. The number of ketones is 1. The lowest BCUT2D eigenvalue weighted by atomic mass is 9.43. The Bertz CT molecular complexity index is 1140. The average Bonchev–Trinajstić information content (AvgIpc) is 3.31. The molecule has 6 rings (SSSR count). The first-order chi connectivity index (χ1) is 16.5. The number of nitrogens with zero attached hydrogens (tertiary/aromatic N) is 1. The summed E-state index contributed by atoms with van der Waals surface area (Å²) < 4.78 is 0. The number of allylic oxidation sites excluding steroid dienone is 9. The van der Waals surface area contributed by atoms with Crippen LogP contribution in [0.2, 0.25) is 0 Å². The molecule has 1 N–H and O–H groups in total. The SMILES string of the molecule is CC1=C(O)C(=O)C=C2C1=CC=C1[C@@]2(C)CC=C2[C@@H]3C[C@](C)(CN4CCCC4)CC[C@]3(C)CC[C@@]21C. The van der Waals surface area contributed by atoms with E-state index in [1.165, 1.54) is 70.2 Å². The third-order valence-corrected chi connectivity index (χ3v) is 11.3. The topological polar surface area (TPSA) is 40.5 Å². The van der Waals surface area contributed by atoms with E-state index >= 15 is 0 Å². The van der Waals surface area contributed by atoms with E-state index < -0.39 is 0 Å². The van der Waals surface area contributed by atoms with Gasteiger partial charge in [-0.2, -0.15) is 0 Å². The molecule has 188 valence electrons. The van der Waals surface area contributed by atoms with Crippen LogP contribution >= 0.6 is 0 Å². The summed E-state index contributed by atoms with van der Waals surface area (Å²) in [5.74, 6) is 0.316. The summed E-state index contributed by atoms with van der Waals surface area (Å²) in [7, 11) is 0. The normalized spacial score (nSPS) is 43.3. The molecule has 3 nitrogen and oxygen atoms in total. The van der Waals surface area contributed by atoms with E-state index in [9.17, 15) is 9.90 Å². The van der Waals surface area contributed by atoms with E-state index in [-0.39, 0.29) is 22.4 Å². The van der Waals surface area contributed by atoms with Gasteiger partial charge < -0.3 is 10.0 Å². The van der Waals surface area contributed by atoms with Crippen LogP contribution in [0.1, 0.15) is 86.0 Å². The van der Waals surface area contributed by atoms with E-state index in [1.54, 1.807) is 11.6 Å². The highest BCUT2D eigenvalue weighted by Crippen LogP contribution is 2.69. The van der Waals surface area contributed by atoms with Gasteiger partial charge in [-0.3, -0.25) is 4.79 Å². The number of hydrogen-bond acceptors (Lipinski definition) is 3. The molecule has 0 radical (unpaired) electrons. The van der Waals surface area contributed by atoms with Crippen molar-refractivity contribution in [2.24, 2.45) is 27.6 Å². The molecule has 6 aliphatic rings. The first kappa shape index (κ1) is 23.5. The molecule has 0 bridgehead atoms. The van der Waals surface area contributed by atoms with E-state index in [0.29, 0.717) is 16.7 Å². The van der Waals surface area contributed by atoms with Gasteiger partial charge in [0.15, 0.2) is 5.76 Å². The molecule has 0 aromatic rings. The van der Waals surface area contributed by atoms with Crippen molar-refractivity contribution in [2.75, 3.05) is 19.6 Å². The van der Waals surface area contributed by atoms with Crippen LogP contribution in [-0.4, -0.2) is 35.4 Å². The highest BCUT2D eigenvalue weighted by atomic mass is 16.3. The average molecular weight is 474 g/mol. The Morgan fingerprint density at radius 2 is 1.71 bits per heavy atom. The van der Waals surface area contributed by atoms with Crippen molar-refractivity contribution in [3.05, 3.63) is 57.9 Å². The quantitative estimate of drug-likeness (QED) is 0.430. The van der Waals surface area contributed by atoms with Crippen molar-refractivity contribution in [3.63, 3.8) is 0 Å².